The summed E-state index contributed by atoms with van der Waals surface area (Å²) >= 11 is 0. The van der Waals surface area contributed by atoms with Crippen molar-refractivity contribution in [2.24, 2.45) is 5.41 Å². The summed E-state index contributed by atoms with van der Waals surface area (Å²) in [4.78, 5) is 1.96. The van der Waals surface area contributed by atoms with Gasteiger partial charge in [0.25, 0.3) is 0 Å². The highest BCUT2D eigenvalue weighted by atomic mass is 15.1. The van der Waals surface area contributed by atoms with E-state index < -0.39 is 0 Å². The summed E-state index contributed by atoms with van der Waals surface area (Å²) in [5, 5.41) is 0. The molecule has 0 aliphatic carbocycles. The van der Waals surface area contributed by atoms with Crippen LogP contribution in [0.1, 0.15) is 20.8 Å². The maximum absolute atomic E-state index is 3.22. The lowest BCUT2D eigenvalue weighted by atomic mass is 9.97. The van der Waals surface area contributed by atoms with Crippen molar-refractivity contribution < 1.29 is 0 Å². The number of rotatable bonds is 1. The van der Waals surface area contributed by atoms with Crippen molar-refractivity contribution in [2.75, 3.05) is 14.1 Å². The molecule has 0 N–H and O–H groups in total. The summed E-state index contributed by atoms with van der Waals surface area (Å²) in [6, 6.07) is 0. The molecule has 1 heteroatoms. The van der Waals surface area contributed by atoms with E-state index in [1.54, 1.807) is 0 Å². The lowest BCUT2D eigenvalue weighted by molar-refractivity contribution is 0.341. The molecule has 0 aromatic rings. The predicted molar refractivity (Wildman–Crippen MR) is 36.4 cm³/mol. The summed E-state index contributed by atoms with van der Waals surface area (Å²) in [6.07, 6.45) is 0. The molecule has 0 heterocycles. The van der Waals surface area contributed by atoms with Crippen molar-refractivity contribution in [2.45, 2.75) is 20.8 Å². The van der Waals surface area contributed by atoms with Crippen LogP contribution in [-0.4, -0.2) is 19.0 Å². The second-order valence-corrected chi connectivity index (χ2v) is 3.26. The molecule has 8 heavy (non-hydrogen) atoms. The molecule has 0 aromatic heterocycles. The Morgan fingerprint density at radius 3 is 1.50 bits per heavy atom. The van der Waals surface area contributed by atoms with Crippen LogP contribution in [0, 0.1) is 12.0 Å². The lowest BCUT2D eigenvalue weighted by Crippen LogP contribution is -2.19. The Morgan fingerprint density at radius 2 is 1.50 bits per heavy atom. The average molecular weight is 113 g/mol. The summed E-state index contributed by atoms with van der Waals surface area (Å²) in [5.41, 5.74) is 0.198. The largest absolute Gasteiger partial charge is 0.300 e. The van der Waals surface area contributed by atoms with Gasteiger partial charge < -0.3 is 0 Å². The number of hydrogen-bond donors (Lipinski definition) is 0. The fourth-order valence-corrected chi connectivity index (χ4v) is 0.671. The maximum Gasteiger partial charge on any atom is 0.0669 e. The molecule has 48 valence electrons. The quantitative estimate of drug-likeness (QED) is 0.467. The molecular weight excluding hydrogens is 98.1 g/mol. The van der Waals surface area contributed by atoms with Gasteiger partial charge in [-0.2, -0.15) is 0 Å². The van der Waals surface area contributed by atoms with Crippen LogP contribution in [0.5, 0.6) is 0 Å². The Kier molecular flexibility index (Phi) is 2.48. The number of nitrogens with zero attached hydrogens (tertiary/aromatic N) is 1. The van der Waals surface area contributed by atoms with Crippen molar-refractivity contribution in [3.8, 4) is 0 Å². The van der Waals surface area contributed by atoms with Crippen LogP contribution in [0.4, 0.5) is 0 Å². The van der Waals surface area contributed by atoms with Crippen LogP contribution in [-0.2, 0) is 0 Å². The SMILES string of the molecule is CN(C)[C]C(C)(C)C. The zero-order valence-corrected chi connectivity index (χ0v) is 6.45. The molecule has 0 aliphatic heterocycles. The van der Waals surface area contributed by atoms with Gasteiger partial charge >= 0.3 is 0 Å². The van der Waals surface area contributed by atoms with Gasteiger partial charge in [-0.1, -0.05) is 20.8 Å². The van der Waals surface area contributed by atoms with E-state index in [2.05, 4.69) is 27.3 Å². The Morgan fingerprint density at radius 1 is 1.12 bits per heavy atom. The van der Waals surface area contributed by atoms with Gasteiger partial charge in [-0.15, -0.1) is 0 Å². The van der Waals surface area contributed by atoms with Gasteiger partial charge in [-0.05, 0) is 19.5 Å². The first-order valence-electron chi connectivity index (χ1n) is 2.87. The topological polar surface area (TPSA) is 3.24 Å². The van der Waals surface area contributed by atoms with E-state index in [0.717, 1.165) is 0 Å². The normalized spacial score (nSPS) is 12.8. The zero-order chi connectivity index (χ0) is 6.78. The van der Waals surface area contributed by atoms with Gasteiger partial charge in [0, 0.05) is 0 Å². The third-order valence-electron chi connectivity index (χ3n) is 0.559. The summed E-state index contributed by atoms with van der Waals surface area (Å²) in [7, 11) is 3.98. The molecule has 0 atom stereocenters. The van der Waals surface area contributed by atoms with Crippen molar-refractivity contribution in [1.82, 2.24) is 4.90 Å². The molecule has 0 unspecified atom stereocenters. The first kappa shape index (κ1) is 7.96. The summed E-state index contributed by atoms with van der Waals surface area (Å²) < 4.78 is 0. The van der Waals surface area contributed by atoms with Crippen molar-refractivity contribution in [3.63, 3.8) is 0 Å². The molecule has 2 radical (unpaired) electrons. The Hall–Kier alpha value is -0.0400. The third-order valence-corrected chi connectivity index (χ3v) is 0.559. The molecule has 0 amide bonds. The molecule has 0 rings (SSSR count). The van der Waals surface area contributed by atoms with Crippen LogP contribution in [0.25, 0.3) is 0 Å². The Balaban J connectivity index is 3.39. The van der Waals surface area contributed by atoms with Gasteiger partial charge in [0.05, 0.1) is 6.54 Å². The summed E-state index contributed by atoms with van der Waals surface area (Å²) in [6.45, 7) is 9.61. The maximum atomic E-state index is 3.22. The van der Waals surface area contributed by atoms with Gasteiger partial charge in [0.15, 0.2) is 0 Å². The highest BCUT2D eigenvalue weighted by Gasteiger charge is 2.11. The van der Waals surface area contributed by atoms with Gasteiger partial charge in [0.1, 0.15) is 0 Å². The fourth-order valence-electron chi connectivity index (χ4n) is 0.671. The van der Waals surface area contributed by atoms with Gasteiger partial charge in [0.2, 0.25) is 0 Å². The molecule has 0 aliphatic rings. The highest BCUT2D eigenvalue weighted by Crippen LogP contribution is 2.17. The Bertz CT molecular complexity index is 59.3. The monoisotopic (exact) mass is 113 g/mol. The molecular formula is C7H15N. The minimum atomic E-state index is 0.198. The van der Waals surface area contributed by atoms with E-state index in [1.165, 1.54) is 0 Å². The molecule has 0 saturated carbocycles. The molecule has 0 fully saturated rings. The van der Waals surface area contributed by atoms with E-state index >= 15 is 0 Å². The molecule has 0 aromatic carbocycles. The number of hydrogen-bond acceptors (Lipinski definition) is 1. The van der Waals surface area contributed by atoms with Crippen LogP contribution in [0.15, 0.2) is 0 Å². The van der Waals surface area contributed by atoms with E-state index in [4.69, 9.17) is 0 Å². The van der Waals surface area contributed by atoms with E-state index in [-0.39, 0.29) is 5.41 Å². The fraction of sp³-hybridized carbons (Fsp3) is 0.857. The minimum absolute atomic E-state index is 0.198. The molecule has 0 spiro atoms. The van der Waals surface area contributed by atoms with Gasteiger partial charge in [-0.3, -0.25) is 4.90 Å². The van der Waals surface area contributed by atoms with Crippen molar-refractivity contribution in [1.29, 1.82) is 0 Å². The van der Waals surface area contributed by atoms with Crippen LogP contribution >= 0.6 is 0 Å². The van der Waals surface area contributed by atoms with E-state index in [0.29, 0.717) is 0 Å². The summed E-state index contributed by atoms with van der Waals surface area (Å²) in [5.74, 6) is 0. The standard InChI is InChI=1S/C7H15N/c1-7(2,3)6-8(4)5/h1-5H3. The molecule has 1 nitrogen and oxygen atoms in total. The zero-order valence-electron chi connectivity index (χ0n) is 6.45. The molecule has 0 bridgehead atoms. The minimum Gasteiger partial charge on any atom is -0.300 e. The van der Waals surface area contributed by atoms with E-state index in [1.807, 2.05) is 19.0 Å². The average Bonchev–Trinajstić information content (AvgIpc) is 1.21. The van der Waals surface area contributed by atoms with Crippen molar-refractivity contribution in [3.05, 3.63) is 6.54 Å². The van der Waals surface area contributed by atoms with Crippen LogP contribution < -0.4 is 0 Å². The smallest absolute Gasteiger partial charge is 0.0669 e. The third kappa shape index (κ3) is 5.96. The first-order valence-corrected chi connectivity index (χ1v) is 2.87. The second-order valence-electron chi connectivity index (χ2n) is 3.26. The molecule has 0 saturated heterocycles. The van der Waals surface area contributed by atoms with Gasteiger partial charge in [-0.25, -0.2) is 0 Å². The lowest BCUT2D eigenvalue weighted by Gasteiger charge is -2.20. The van der Waals surface area contributed by atoms with Crippen molar-refractivity contribution >= 4 is 0 Å². The van der Waals surface area contributed by atoms with Crippen LogP contribution in [0.3, 0.4) is 0 Å². The highest BCUT2D eigenvalue weighted by molar-refractivity contribution is 4.76. The van der Waals surface area contributed by atoms with Crippen LogP contribution in [0.2, 0.25) is 0 Å². The van der Waals surface area contributed by atoms with E-state index in [9.17, 15) is 0 Å². The second kappa shape index (κ2) is 2.49. The predicted octanol–water partition coefficient (Wildman–Crippen LogP) is 1.63. The Labute approximate surface area is 52.7 Å². The first-order chi connectivity index (χ1) is 3.42.